The van der Waals surface area contributed by atoms with Crippen molar-refractivity contribution in [2.24, 2.45) is 0 Å². The number of methoxy groups -OCH3 is 1. The number of carboxylic acid groups (broad SMARTS) is 1. The second-order valence-electron chi connectivity index (χ2n) is 14.6. The van der Waals surface area contributed by atoms with Gasteiger partial charge in [0, 0.05) is 59.4 Å². The maximum atomic E-state index is 13.0. The third-order valence-corrected chi connectivity index (χ3v) is 9.83. The Balaban J connectivity index is 1.20. The smallest absolute Gasteiger partial charge is 0.407 e. The van der Waals surface area contributed by atoms with E-state index in [1.807, 2.05) is 36.4 Å². The molecule has 1 saturated heterocycles. The van der Waals surface area contributed by atoms with E-state index in [9.17, 15) is 24.3 Å². The molecule has 3 aromatic heterocycles. The fourth-order valence-electron chi connectivity index (χ4n) is 6.32. The molecule has 17 heteroatoms. The van der Waals surface area contributed by atoms with Crippen molar-refractivity contribution in [3.8, 4) is 39.5 Å². The van der Waals surface area contributed by atoms with Crippen molar-refractivity contribution < 1.29 is 33.8 Å². The average Bonchev–Trinajstić information content (AvgIpc) is 3.78. The highest BCUT2D eigenvalue weighted by molar-refractivity contribution is 6.39. The van der Waals surface area contributed by atoms with Crippen LogP contribution in [0, 0.1) is 0 Å². The molecule has 4 N–H and O–H groups in total. The fourth-order valence-corrected chi connectivity index (χ4v) is 6.97. The number of alkyl carbamates (subject to hydrolysis) is 1. The van der Waals surface area contributed by atoms with Gasteiger partial charge in [-0.25, -0.2) is 24.1 Å². The minimum absolute atomic E-state index is 0.0100. The van der Waals surface area contributed by atoms with Gasteiger partial charge in [0.15, 0.2) is 5.65 Å². The molecule has 15 nitrogen and oxygen atoms in total. The van der Waals surface area contributed by atoms with E-state index in [2.05, 4.69) is 25.9 Å². The lowest BCUT2D eigenvalue weighted by atomic mass is 9.98. The van der Waals surface area contributed by atoms with Crippen LogP contribution in [0.1, 0.15) is 56.6 Å². The number of hydrogen-bond donors (Lipinski definition) is 4. The molecule has 0 spiro atoms. The van der Waals surface area contributed by atoms with Gasteiger partial charge in [0.1, 0.15) is 11.3 Å². The summed E-state index contributed by atoms with van der Waals surface area (Å²) in [5.41, 5.74) is 4.01. The normalized spacial score (nSPS) is 14.5. The van der Waals surface area contributed by atoms with Gasteiger partial charge in [-0.3, -0.25) is 9.59 Å². The number of aromatic nitrogens is 4. The number of amides is 4. The Bertz CT molecular complexity index is 2340. The molecule has 0 aliphatic carbocycles. The number of benzene rings is 2. The minimum Gasteiger partial charge on any atom is -0.481 e. The lowest BCUT2D eigenvalue weighted by Crippen LogP contribution is -2.43. The maximum absolute atomic E-state index is 13.0. The Labute approximate surface area is 338 Å². The number of nitrogens with one attached hydrogen (secondary N) is 3. The molecule has 57 heavy (non-hydrogen) atoms. The zero-order chi connectivity index (χ0) is 41.0. The summed E-state index contributed by atoms with van der Waals surface area (Å²) in [6, 6.07) is 17.3. The number of nitrogens with zero attached hydrogens (tertiary/aromatic N) is 5. The molecule has 4 amide bonds. The molecule has 298 valence electrons. The molecule has 2 atom stereocenters. The first-order valence-corrected chi connectivity index (χ1v) is 18.9. The van der Waals surface area contributed by atoms with Crippen molar-refractivity contribution in [1.82, 2.24) is 40.4 Å². The molecule has 5 aromatic rings. The van der Waals surface area contributed by atoms with Crippen LogP contribution < -0.4 is 20.7 Å². The first-order chi connectivity index (χ1) is 27.1. The summed E-state index contributed by atoms with van der Waals surface area (Å²) in [5, 5.41) is 23.6. The quantitative estimate of drug-likeness (QED) is 0.104. The maximum Gasteiger partial charge on any atom is 0.407 e. The fraction of sp³-hybridized carbons (Fsp3) is 0.325. The third kappa shape index (κ3) is 9.73. The lowest BCUT2D eigenvalue weighted by Gasteiger charge is -2.23. The van der Waals surface area contributed by atoms with E-state index in [-0.39, 0.29) is 43.2 Å². The molecule has 4 heterocycles. The summed E-state index contributed by atoms with van der Waals surface area (Å²) in [4.78, 5) is 59.1. The van der Waals surface area contributed by atoms with Crippen LogP contribution in [-0.4, -0.2) is 91.5 Å². The number of hydrogen-bond acceptors (Lipinski definition) is 9. The molecule has 6 rings (SSSR count). The summed E-state index contributed by atoms with van der Waals surface area (Å²) < 4.78 is 12.4. The zero-order valence-electron chi connectivity index (χ0n) is 31.9. The number of fused-ring (bicyclic) bond motifs is 1. The minimum atomic E-state index is -1.12. The van der Waals surface area contributed by atoms with Gasteiger partial charge < -0.3 is 35.4 Å². The standard InChI is InChI=1S/C40H42Cl2N8O7/c1-22(44-38(53)57-40(2,3)4)18-43-36(52)31-21-50-32(46-31)16-15-30(48-50)28-11-7-9-26(35(28)42)25-8-6-10-27(34(25)41)29-14-12-23(37(47-29)56-5)19-49(39(54)55)20-24-13-17-33(51)45-24/h6-12,14-16,21-22,24H,13,17-20H2,1-5H3,(H,43,52)(H,44,53)(H,45,51)(H,54,55)/t22-,24-/m0/s1. The van der Waals surface area contributed by atoms with E-state index in [4.69, 9.17) is 37.8 Å². The second-order valence-corrected chi connectivity index (χ2v) is 15.3. The average molecular weight is 818 g/mol. The Morgan fingerprint density at radius 3 is 2.25 bits per heavy atom. The van der Waals surface area contributed by atoms with Crippen molar-refractivity contribution in [3.05, 3.63) is 88.2 Å². The van der Waals surface area contributed by atoms with Gasteiger partial charge >= 0.3 is 12.2 Å². The van der Waals surface area contributed by atoms with Crippen molar-refractivity contribution in [2.75, 3.05) is 20.2 Å². The highest BCUT2D eigenvalue weighted by Gasteiger charge is 2.27. The van der Waals surface area contributed by atoms with Gasteiger partial charge in [0.2, 0.25) is 11.8 Å². The van der Waals surface area contributed by atoms with Gasteiger partial charge in [-0.1, -0.05) is 59.6 Å². The van der Waals surface area contributed by atoms with E-state index in [0.717, 1.165) is 0 Å². The van der Waals surface area contributed by atoms with Gasteiger partial charge in [-0.2, -0.15) is 5.10 Å². The Morgan fingerprint density at radius 1 is 0.982 bits per heavy atom. The molecule has 0 bridgehead atoms. The number of rotatable bonds is 12. The number of ether oxygens (including phenoxy) is 2. The van der Waals surface area contributed by atoms with Crippen LogP contribution in [0.4, 0.5) is 9.59 Å². The van der Waals surface area contributed by atoms with Crippen LogP contribution in [0.25, 0.3) is 39.3 Å². The van der Waals surface area contributed by atoms with Gasteiger partial charge in [0.05, 0.1) is 41.3 Å². The van der Waals surface area contributed by atoms with Crippen molar-refractivity contribution in [3.63, 3.8) is 0 Å². The van der Waals surface area contributed by atoms with Gasteiger partial charge in [-0.15, -0.1) is 0 Å². The SMILES string of the molecule is COc1nc(-c2cccc(-c3cccc(-c4ccc5nc(C(=O)NC[C@H](C)NC(=O)OC(C)(C)C)cn5n4)c3Cl)c2Cl)ccc1CN(C[C@@H]1CCC(=O)N1)C(=O)O. The summed E-state index contributed by atoms with van der Waals surface area (Å²) in [7, 11) is 1.46. The highest BCUT2D eigenvalue weighted by atomic mass is 35.5. The first-order valence-electron chi connectivity index (χ1n) is 18.1. The molecular formula is C40H42Cl2N8O7. The Morgan fingerprint density at radius 2 is 1.63 bits per heavy atom. The molecule has 0 saturated carbocycles. The largest absolute Gasteiger partial charge is 0.481 e. The van der Waals surface area contributed by atoms with Crippen LogP contribution in [0.2, 0.25) is 10.0 Å². The molecule has 0 unspecified atom stereocenters. The van der Waals surface area contributed by atoms with Gasteiger partial charge in [0.25, 0.3) is 5.91 Å². The summed E-state index contributed by atoms with van der Waals surface area (Å²) in [5.74, 6) is -0.290. The number of imidazole rings is 1. The molecule has 1 aliphatic rings. The lowest BCUT2D eigenvalue weighted by molar-refractivity contribution is -0.119. The molecular weight excluding hydrogens is 775 g/mol. The summed E-state index contributed by atoms with van der Waals surface area (Å²) in [6.45, 7) is 7.35. The third-order valence-electron chi connectivity index (χ3n) is 9.01. The highest BCUT2D eigenvalue weighted by Crippen LogP contribution is 2.42. The van der Waals surface area contributed by atoms with Crippen LogP contribution >= 0.6 is 23.2 Å². The monoisotopic (exact) mass is 816 g/mol. The van der Waals surface area contributed by atoms with Crippen LogP contribution in [0.3, 0.4) is 0 Å². The van der Waals surface area contributed by atoms with E-state index in [1.54, 1.807) is 52.0 Å². The van der Waals surface area contributed by atoms with Crippen molar-refractivity contribution in [2.45, 2.75) is 64.8 Å². The van der Waals surface area contributed by atoms with Crippen molar-refractivity contribution in [1.29, 1.82) is 0 Å². The number of carbonyl (C=O) groups excluding carboxylic acids is 3. The number of carbonyl (C=O) groups is 4. The summed E-state index contributed by atoms with van der Waals surface area (Å²) >= 11 is 14.1. The van der Waals surface area contributed by atoms with E-state index in [0.29, 0.717) is 67.7 Å². The zero-order valence-corrected chi connectivity index (χ0v) is 33.4. The Kier molecular flexibility index (Phi) is 12.2. The first kappa shape index (κ1) is 40.7. The van der Waals surface area contributed by atoms with Crippen LogP contribution in [0.5, 0.6) is 5.88 Å². The molecule has 1 aliphatic heterocycles. The second kappa shape index (κ2) is 17.1. The van der Waals surface area contributed by atoms with Crippen LogP contribution in [0.15, 0.2) is 66.9 Å². The molecule has 2 aromatic carbocycles. The van der Waals surface area contributed by atoms with E-state index in [1.165, 1.54) is 22.7 Å². The van der Waals surface area contributed by atoms with E-state index < -0.39 is 29.7 Å². The van der Waals surface area contributed by atoms with Crippen LogP contribution in [-0.2, 0) is 16.1 Å². The van der Waals surface area contributed by atoms with Crippen molar-refractivity contribution >= 4 is 52.8 Å². The number of pyridine rings is 1. The topological polar surface area (TPSA) is 189 Å². The van der Waals surface area contributed by atoms with E-state index >= 15 is 0 Å². The summed E-state index contributed by atoms with van der Waals surface area (Å²) in [6.07, 6.45) is 0.747. The molecule has 0 radical (unpaired) electrons. The Hall–Kier alpha value is -5.93. The predicted molar refractivity (Wildman–Crippen MR) is 214 cm³/mol. The predicted octanol–water partition coefficient (Wildman–Crippen LogP) is 6.84. The number of halogens is 2. The molecule has 1 fully saturated rings. The van der Waals surface area contributed by atoms with Gasteiger partial charge in [-0.05, 0) is 58.4 Å².